The normalized spacial score (nSPS) is 13.8. The van der Waals surface area contributed by atoms with E-state index in [2.05, 4.69) is 5.32 Å². The Hall–Kier alpha value is -2.46. The van der Waals surface area contributed by atoms with E-state index in [1.165, 1.54) is 6.92 Å². The fraction of sp³-hybridized carbons (Fsp3) is 0.250. The van der Waals surface area contributed by atoms with Crippen LogP contribution in [0.2, 0.25) is 5.02 Å². The Balaban J connectivity index is 2.20. The zero-order chi connectivity index (χ0) is 18.1. The molecule has 2 aromatic rings. The summed E-state index contributed by atoms with van der Waals surface area (Å²) in [6, 6.07) is 9.26. The lowest BCUT2D eigenvalue weighted by Gasteiger charge is -2.30. The number of anilines is 1. The van der Waals surface area contributed by atoms with Crippen molar-refractivity contribution in [2.24, 2.45) is 0 Å². The lowest BCUT2D eigenvalue weighted by atomic mass is 9.93. The highest BCUT2D eigenvalue weighted by atomic mass is 35.5. The van der Waals surface area contributed by atoms with Gasteiger partial charge in [0.15, 0.2) is 0 Å². The summed E-state index contributed by atoms with van der Waals surface area (Å²) in [5, 5.41) is 14.6. The summed E-state index contributed by atoms with van der Waals surface area (Å²) >= 11 is 6.45. The Kier molecular flexibility index (Phi) is 4.73. The Morgan fingerprint density at radius 3 is 2.64 bits per heavy atom. The van der Waals surface area contributed by atoms with Gasteiger partial charge < -0.3 is 15.3 Å². The summed E-state index contributed by atoms with van der Waals surface area (Å²) in [7, 11) is 1.73. The molecule has 130 valence electrons. The van der Waals surface area contributed by atoms with Crippen LogP contribution in [0.25, 0.3) is 6.08 Å². The summed E-state index contributed by atoms with van der Waals surface area (Å²) in [4.78, 5) is 13.7. The summed E-state index contributed by atoms with van der Waals surface area (Å²) in [5.74, 6) is 0.0362. The van der Waals surface area contributed by atoms with Gasteiger partial charge in [-0.3, -0.25) is 4.79 Å². The van der Waals surface area contributed by atoms with Crippen LogP contribution in [0.15, 0.2) is 36.4 Å². The second-order valence-corrected chi connectivity index (χ2v) is 6.72. The highest BCUT2D eigenvalue weighted by Crippen LogP contribution is 2.44. The zero-order valence-corrected chi connectivity index (χ0v) is 15.3. The molecular formula is C20H21ClN2O2. The van der Waals surface area contributed by atoms with E-state index in [9.17, 15) is 9.90 Å². The van der Waals surface area contributed by atoms with Crippen LogP contribution in [0.1, 0.15) is 35.2 Å². The van der Waals surface area contributed by atoms with Gasteiger partial charge in [0, 0.05) is 31.6 Å². The Morgan fingerprint density at radius 2 is 2.00 bits per heavy atom. The number of fused-ring (bicyclic) bond motifs is 1. The molecule has 0 aromatic heterocycles. The number of nitrogens with one attached hydrogen (secondary N) is 1. The number of aryl methyl sites for hydroxylation is 1. The maximum atomic E-state index is 12.1. The second-order valence-electron chi connectivity index (χ2n) is 6.31. The molecule has 0 aliphatic carbocycles. The summed E-state index contributed by atoms with van der Waals surface area (Å²) < 4.78 is 0. The van der Waals surface area contributed by atoms with E-state index in [4.69, 9.17) is 11.6 Å². The van der Waals surface area contributed by atoms with E-state index in [0.717, 1.165) is 16.7 Å². The molecule has 0 saturated carbocycles. The summed E-state index contributed by atoms with van der Waals surface area (Å²) in [6.45, 7) is 4.15. The number of carbonyl (C=O) groups is 1. The van der Waals surface area contributed by atoms with Crippen LogP contribution < -0.4 is 5.32 Å². The number of halogens is 1. The zero-order valence-electron chi connectivity index (χ0n) is 14.5. The van der Waals surface area contributed by atoms with Crippen molar-refractivity contribution in [1.29, 1.82) is 0 Å². The maximum Gasteiger partial charge on any atom is 0.219 e. The van der Waals surface area contributed by atoms with Crippen LogP contribution >= 0.6 is 11.6 Å². The number of nitrogens with zero attached hydrogens (tertiary/aromatic N) is 1. The maximum absolute atomic E-state index is 12.1. The molecule has 0 spiro atoms. The van der Waals surface area contributed by atoms with Gasteiger partial charge in [0.2, 0.25) is 5.91 Å². The smallest absolute Gasteiger partial charge is 0.219 e. The first-order valence-electron chi connectivity index (χ1n) is 8.16. The van der Waals surface area contributed by atoms with Gasteiger partial charge in [-0.1, -0.05) is 53.6 Å². The predicted molar refractivity (Wildman–Crippen MR) is 102 cm³/mol. The van der Waals surface area contributed by atoms with Crippen LogP contribution in [0, 0.1) is 6.92 Å². The SMILES string of the molecule is CC(=O)N(C)C(c1ccc(C)cc1)c1cc(Cl)c2c(c1O)NCC=C2. The fourth-order valence-corrected chi connectivity index (χ4v) is 3.38. The minimum absolute atomic E-state index is 0.0910. The molecule has 1 unspecified atom stereocenters. The van der Waals surface area contributed by atoms with E-state index in [1.54, 1.807) is 18.0 Å². The van der Waals surface area contributed by atoms with Gasteiger partial charge in [-0.05, 0) is 18.6 Å². The molecule has 2 N–H and O–H groups in total. The summed E-state index contributed by atoms with van der Waals surface area (Å²) in [5.41, 5.74) is 4.03. The molecule has 3 rings (SSSR count). The first kappa shape index (κ1) is 17.4. The molecule has 25 heavy (non-hydrogen) atoms. The van der Waals surface area contributed by atoms with Crippen molar-refractivity contribution in [3.63, 3.8) is 0 Å². The number of phenols is 1. The Labute approximate surface area is 152 Å². The molecule has 5 heteroatoms. The highest BCUT2D eigenvalue weighted by molar-refractivity contribution is 6.33. The Bertz CT molecular complexity index is 844. The molecule has 1 atom stereocenters. The van der Waals surface area contributed by atoms with Crippen molar-refractivity contribution in [1.82, 2.24) is 4.90 Å². The molecular weight excluding hydrogens is 336 g/mol. The average molecular weight is 357 g/mol. The number of aromatic hydroxyl groups is 1. The molecule has 0 radical (unpaired) electrons. The molecule has 4 nitrogen and oxygen atoms in total. The molecule has 1 aliphatic heterocycles. The lowest BCUT2D eigenvalue weighted by molar-refractivity contribution is -0.129. The van der Waals surface area contributed by atoms with Gasteiger partial charge in [-0.15, -0.1) is 0 Å². The number of benzene rings is 2. The van der Waals surface area contributed by atoms with Crippen molar-refractivity contribution in [3.05, 3.63) is 63.7 Å². The molecule has 0 fully saturated rings. The van der Waals surface area contributed by atoms with Crippen molar-refractivity contribution >= 4 is 29.3 Å². The van der Waals surface area contributed by atoms with Gasteiger partial charge in [0.1, 0.15) is 5.75 Å². The lowest BCUT2D eigenvalue weighted by Crippen LogP contribution is -2.30. The van der Waals surface area contributed by atoms with Gasteiger partial charge in [0.25, 0.3) is 0 Å². The van der Waals surface area contributed by atoms with E-state index < -0.39 is 6.04 Å². The van der Waals surface area contributed by atoms with Crippen LogP contribution in [-0.4, -0.2) is 29.5 Å². The van der Waals surface area contributed by atoms with Gasteiger partial charge in [0.05, 0.1) is 16.8 Å². The minimum atomic E-state index is -0.423. The van der Waals surface area contributed by atoms with E-state index in [-0.39, 0.29) is 11.7 Å². The third kappa shape index (κ3) is 3.22. The number of phenolic OH excluding ortho intramolecular Hbond substituents is 1. The van der Waals surface area contributed by atoms with Crippen molar-refractivity contribution in [2.75, 3.05) is 18.9 Å². The van der Waals surface area contributed by atoms with Gasteiger partial charge in [-0.2, -0.15) is 0 Å². The van der Waals surface area contributed by atoms with Crippen LogP contribution in [0.5, 0.6) is 5.75 Å². The quantitative estimate of drug-likeness (QED) is 0.803. The number of carbonyl (C=O) groups excluding carboxylic acids is 1. The van der Waals surface area contributed by atoms with Crippen LogP contribution in [-0.2, 0) is 4.79 Å². The highest BCUT2D eigenvalue weighted by Gasteiger charge is 2.28. The van der Waals surface area contributed by atoms with Crippen molar-refractivity contribution in [3.8, 4) is 5.75 Å². The number of hydrogen-bond acceptors (Lipinski definition) is 3. The Morgan fingerprint density at radius 1 is 1.32 bits per heavy atom. The molecule has 1 amide bonds. The molecule has 0 saturated heterocycles. The number of amides is 1. The van der Waals surface area contributed by atoms with E-state index in [0.29, 0.717) is 22.8 Å². The molecule has 1 aliphatic rings. The first-order valence-corrected chi connectivity index (χ1v) is 8.53. The van der Waals surface area contributed by atoms with Crippen LogP contribution in [0.3, 0.4) is 0 Å². The third-order valence-corrected chi connectivity index (χ3v) is 4.88. The standard InChI is InChI=1S/C20H21ClN2O2/c1-12-6-8-14(9-7-12)19(23(3)13(2)24)16-11-17(21)15-5-4-10-22-18(15)20(16)25/h4-9,11,19,22,25H,10H2,1-3H3. The molecule has 0 bridgehead atoms. The summed E-state index contributed by atoms with van der Waals surface area (Å²) in [6.07, 6.45) is 3.85. The van der Waals surface area contributed by atoms with E-state index in [1.807, 2.05) is 43.3 Å². The van der Waals surface area contributed by atoms with Gasteiger partial charge in [-0.25, -0.2) is 0 Å². The second kappa shape index (κ2) is 6.81. The van der Waals surface area contributed by atoms with Crippen LogP contribution in [0.4, 0.5) is 5.69 Å². The molecule has 2 aromatic carbocycles. The minimum Gasteiger partial charge on any atom is -0.505 e. The van der Waals surface area contributed by atoms with E-state index >= 15 is 0 Å². The first-order chi connectivity index (χ1) is 11.9. The van der Waals surface area contributed by atoms with Gasteiger partial charge >= 0.3 is 0 Å². The molecule has 1 heterocycles. The fourth-order valence-electron chi connectivity index (χ4n) is 3.10. The average Bonchev–Trinajstić information content (AvgIpc) is 2.60. The number of rotatable bonds is 3. The topological polar surface area (TPSA) is 52.6 Å². The number of hydrogen-bond donors (Lipinski definition) is 2. The van der Waals surface area contributed by atoms with Crippen molar-refractivity contribution in [2.45, 2.75) is 19.9 Å². The third-order valence-electron chi connectivity index (χ3n) is 4.57. The van der Waals surface area contributed by atoms with Crippen molar-refractivity contribution < 1.29 is 9.90 Å². The largest absolute Gasteiger partial charge is 0.505 e. The predicted octanol–water partition coefficient (Wildman–Crippen LogP) is 4.36. The monoisotopic (exact) mass is 356 g/mol.